The lowest BCUT2D eigenvalue weighted by atomic mass is 10.2. The van der Waals surface area contributed by atoms with Gasteiger partial charge in [0.25, 0.3) is 0 Å². The molecule has 7 nitrogen and oxygen atoms in total. The molecule has 4 rings (SSSR count). The number of carbonyl (C=O) groups is 1. The van der Waals surface area contributed by atoms with Crippen LogP contribution in [0.4, 0.5) is 0 Å². The zero-order valence-electron chi connectivity index (χ0n) is 13.7. The van der Waals surface area contributed by atoms with Gasteiger partial charge in [0.1, 0.15) is 5.82 Å². The molecule has 7 heteroatoms. The van der Waals surface area contributed by atoms with Crippen LogP contribution in [0.1, 0.15) is 12.2 Å². The first-order valence-electron chi connectivity index (χ1n) is 8.05. The average Bonchev–Trinajstić information content (AvgIpc) is 3.17. The smallest absolute Gasteiger partial charge is 0.323 e. The van der Waals surface area contributed by atoms with Crippen molar-refractivity contribution in [3.8, 4) is 5.69 Å². The van der Waals surface area contributed by atoms with Crippen molar-refractivity contribution in [2.45, 2.75) is 12.8 Å². The third-order valence-electron chi connectivity index (χ3n) is 4.24. The molecule has 1 amide bonds. The maximum absolute atomic E-state index is 11.6. The molecule has 4 aromatic rings. The first-order valence-corrected chi connectivity index (χ1v) is 8.05. The van der Waals surface area contributed by atoms with Crippen LogP contribution in [0.5, 0.6) is 0 Å². The van der Waals surface area contributed by atoms with Crippen molar-refractivity contribution >= 4 is 28.0 Å². The minimum absolute atomic E-state index is 0.0241. The molecule has 0 spiro atoms. The Kier molecular flexibility index (Phi) is 3.61. The summed E-state index contributed by atoms with van der Waals surface area (Å²) in [7, 11) is 1.63. The van der Waals surface area contributed by atoms with Crippen molar-refractivity contribution in [1.82, 2.24) is 24.8 Å². The van der Waals surface area contributed by atoms with E-state index in [2.05, 4.69) is 20.3 Å². The zero-order valence-corrected chi connectivity index (χ0v) is 13.7. The van der Waals surface area contributed by atoms with Gasteiger partial charge < -0.3 is 15.3 Å². The van der Waals surface area contributed by atoms with Gasteiger partial charge in [-0.05, 0) is 30.3 Å². The number of nitrogens with one attached hydrogen (secondary N) is 3. The van der Waals surface area contributed by atoms with E-state index in [0.717, 1.165) is 33.6 Å². The highest BCUT2D eigenvalue weighted by Crippen LogP contribution is 2.24. The number of fused-ring (bicyclic) bond motifs is 2. The van der Waals surface area contributed by atoms with Gasteiger partial charge in [0.15, 0.2) is 0 Å². The van der Waals surface area contributed by atoms with Crippen LogP contribution >= 0.6 is 0 Å². The summed E-state index contributed by atoms with van der Waals surface area (Å²) < 4.78 is 2.03. The summed E-state index contributed by atoms with van der Waals surface area (Å²) in [5.74, 6) is 0.783. The van der Waals surface area contributed by atoms with Gasteiger partial charge in [0, 0.05) is 25.6 Å². The standard InChI is InChI=1S/C18H17N5O2/c1-19-17(24)9-8-16-20-13-4-2-3-5-15(13)23(16)11-6-7-12-14(10-11)22-18(25)21-12/h2-7,10H,8-9H2,1H3,(H,19,24)(H2,21,22,25). The Balaban J connectivity index is 1.87. The Labute approximate surface area is 142 Å². The summed E-state index contributed by atoms with van der Waals surface area (Å²) in [4.78, 5) is 33.3. The largest absolute Gasteiger partial charge is 0.359 e. The summed E-state index contributed by atoms with van der Waals surface area (Å²) in [5, 5.41) is 2.64. The molecule has 25 heavy (non-hydrogen) atoms. The average molecular weight is 335 g/mol. The Hall–Kier alpha value is -3.35. The second kappa shape index (κ2) is 5.94. The maximum Gasteiger partial charge on any atom is 0.323 e. The maximum atomic E-state index is 11.6. The number of imidazole rings is 2. The molecule has 0 fully saturated rings. The molecule has 0 aliphatic rings. The van der Waals surface area contributed by atoms with Crippen molar-refractivity contribution in [3.63, 3.8) is 0 Å². The van der Waals surface area contributed by atoms with Gasteiger partial charge >= 0.3 is 5.69 Å². The van der Waals surface area contributed by atoms with Crippen LogP contribution < -0.4 is 11.0 Å². The lowest BCUT2D eigenvalue weighted by molar-refractivity contribution is -0.120. The van der Waals surface area contributed by atoms with Crippen molar-refractivity contribution in [3.05, 3.63) is 58.8 Å². The number of amides is 1. The molecule has 0 radical (unpaired) electrons. The Morgan fingerprint density at radius 3 is 2.80 bits per heavy atom. The van der Waals surface area contributed by atoms with E-state index in [0.29, 0.717) is 12.8 Å². The number of para-hydroxylation sites is 2. The van der Waals surface area contributed by atoms with Crippen LogP contribution in [-0.4, -0.2) is 32.5 Å². The molecular weight excluding hydrogens is 318 g/mol. The minimum Gasteiger partial charge on any atom is -0.359 e. The van der Waals surface area contributed by atoms with E-state index in [1.807, 2.05) is 47.0 Å². The van der Waals surface area contributed by atoms with Crippen LogP contribution in [0.25, 0.3) is 27.8 Å². The molecule has 0 aliphatic carbocycles. The summed E-state index contributed by atoms with van der Waals surface area (Å²) >= 11 is 0. The van der Waals surface area contributed by atoms with Crippen molar-refractivity contribution in [1.29, 1.82) is 0 Å². The normalized spacial score (nSPS) is 11.2. The molecule has 2 aromatic carbocycles. The van der Waals surface area contributed by atoms with Crippen LogP contribution in [0, 0.1) is 0 Å². The predicted molar refractivity (Wildman–Crippen MR) is 95.9 cm³/mol. The summed E-state index contributed by atoms with van der Waals surface area (Å²) in [5.41, 5.74) is 3.98. The van der Waals surface area contributed by atoms with Crippen LogP contribution in [0.3, 0.4) is 0 Å². The predicted octanol–water partition coefficient (Wildman–Crippen LogP) is 1.87. The van der Waals surface area contributed by atoms with Crippen LogP contribution in [-0.2, 0) is 11.2 Å². The number of hydrogen-bond acceptors (Lipinski definition) is 3. The van der Waals surface area contributed by atoms with E-state index in [9.17, 15) is 9.59 Å². The molecule has 0 saturated heterocycles. The van der Waals surface area contributed by atoms with Gasteiger partial charge in [-0.25, -0.2) is 9.78 Å². The quantitative estimate of drug-likeness (QED) is 0.531. The first kappa shape index (κ1) is 15.2. The molecule has 0 saturated carbocycles. The lowest BCUT2D eigenvalue weighted by Gasteiger charge is -2.09. The lowest BCUT2D eigenvalue weighted by Crippen LogP contribution is -2.18. The number of H-pyrrole nitrogens is 2. The second-order valence-corrected chi connectivity index (χ2v) is 5.83. The Bertz CT molecular complexity index is 1140. The summed E-state index contributed by atoms with van der Waals surface area (Å²) in [6, 6.07) is 13.5. The molecule has 126 valence electrons. The van der Waals surface area contributed by atoms with Crippen molar-refractivity contribution < 1.29 is 4.79 Å². The fourth-order valence-corrected chi connectivity index (χ4v) is 3.04. The SMILES string of the molecule is CNC(=O)CCc1nc2ccccc2n1-c1ccc2[nH]c(=O)[nH]c2c1. The third-order valence-corrected chi connectivity index (χ3v) is 4.24. The number of nitrogens with zero attached hydrogens (tertiary/aromatic N) is 2. The third kappa shape index (κ3) is 2.69. The highest BCUT2D eigenvalue weighted by Gasteiger charge is 2.14. The fourth-order valence-electron chi connectivity index (χ4n) is 3.04. The van der Waals surface area contributed by atoms with Gasteiger partial charge in [-0.1, -0.05) is 12.1 Å². The highest BCUT2D eigenvalue weighted by atomic mass is 16.1. The van der Waals surface area contributed by atoms with Gasteiger partial charge in [-0.3, -0.25) is 9.36 Å². The monoisotopic (exact) mass is 335 g/mol. The molecule has 3 N–H and O–H groups in total. The minimum atomic E-state index is -0.234. The molecule has 0 atom stereocenters. The Morgan fingerprint density at radius 1 is 1.16 bits per heavy atom. The van der Waals surface area contributed by atoms with E-state index in [-0.39, 0.29) is 11.6 Å². The highest BCUT2D eigenvalue weighted by molar-refractivity contribution is 5.82. The first-order chi connectivity index (χ1) is 12.2. The number of benzene rings is 2. The van der Waals surface area contributed by atoms with E-state index < -0.39 is 0 Å². The molecule has 0 unspecified atom stereocenters. The number of carbonyl (C=O) groups excluding carboxylic acids is 1. The van der Waals surface area contributed by atoms with E-state index >= 15 is 0 Å². The van der Waals surface area contributed by atoms with E-state index in [1.165, 1.54) is 0 Å². The second-order valence-electron chi connectivity index (χ2n) is 5.83. The van der Waals surface area contributed by atoms with Gasteiger partial charge in [0.2, 0.25) is 5.91 Å². The van der Waals surface area contributed by atoms with E-state index in [4.69, 9.17) is 0 Å². The molecular formula is C18H17N5O2. The topological polar surface area (TPSA) is 95.6 Å². The van der Waals surface area contributed by atoms with Crippen LogP contribution in [0.15, 0.2) is 47.3 Å². The summed E-state index contributed by atoms with van der Waals surface area (Å²) in [6.07, 6.45) is 0.888. The molecule has 0 aliphatic heterocycles. The Morgan fingerprint density at radius 2 is 1.96 bits per heavy atom. The fraction of sp³-hybridized carbons (Fsp3) is 0.167. The summed E-state index contributed by atoms with van der Waals surface area (Å²) in [6.45, 7) is 0. The zero-order chi connectivity index (χ0) is 17.4. The molecule has 2 heterocycles. The number of aryl methyl sites for hydroxylation is 1. The number of rotatable bonds is 4. The van der Waals surface area contributed by atoms with Gasteiger partial charge in [-0.2, -0.15) is 0 Å². The van der Waals surface area contributed by atoms with Gasteiger partial charge in [0.05, 0.1) is 22.1 Å². The molecule has 0 bridgehead atoms. The number of hydrogen-bond donors (Lipinski definition) is 3. The van der Waals surface area contributed by atoms with Gasteiger partial charge in [-0.15, -0.1) is 0 Å². The van der Waals surface area contributed by atoms with E-state index in [1.54, 1.807) is 7.05 Å². The van der Waals surface area contributed by atoms with Crippen LogP contribution in [0.2, 0.25) is 0 Å². The number of aromatic amines is 2. The van der Waals surface area contributed by atoms with Crippen molar-refractivity contribution in [2.75, 3.05) is 7.05 Å². The number of aromatic nitrogens is 4. The molecule has 2 aromatic heterocycles. The van der Waals surface area contributed by atoms with Crippen molar-refractivity contribution in [2.24, 2.45) is 0 Å².